The molecule has 24 heavy (non-hydrogen) atoms. The zero-order valence-corrected chi connectivity index (χ0v) is 14.8. The Bertz CT molecular complexity index is 866. The minimum absolute atomic E-state index is 0.204. The van der Waals surface area contributed by atoms with Crippen molar-refractivity contribution in [1.82, 2.24) is 4.57 Å². The first-order valence-corrected chi connectivity index (χ1v) is 8.88. The zero-order chi connectivity index (χ0) is 16.7. The topological polar surface area (TPSA) is 20.8 Å². The molecule has 1 aromatic heterocycles. The second-order valence-corrected chi connectivity index (χ2v) is 7.78. The van der Waals surface area contributed by atoms with Gasteiger partial charge in [-0.3, -0.25) is 5.32 Å². The molecule has 0 radical (unpaired) electrons. The third kappa shape index (κ3) is 2.58. The van der Waals surface area contributed by atoms with Crippen LogP contribution in [0.15, 0.2) is 48.5 Å². The fourth-order valence-electron chi connectivity index (χ4n) is 3.60. The summed E-state index contributed by atoms with van der Waals surface area (Å²) in [5.41, 5.74) is 5.57. The van der Waals surface area contributed by atoms with Crippen molar-refractivity contribution >= 4 is 17.0 Å². The van der Waals surface area contributed by atoms with E-state index in [0.717, 1.165) is 19.6 Å². The molecular weight excluding hydrogens is 294 g/mol. The molecule has 0 unspecified atom stereocenters. The van der Waals surface area contributed by atoms with Gasteiger partial charge in [-0.25, -0.2) is 9.13 Å². The van der Waals surface area contributed by atoms with Gasteiger partial charge in [0.15, 0.2) is 0 Å². The maximum Gasteiger partial charge on any atom is 0.358 e. The molecule has 1 aliphatic rings. The van der Waals surface area contributed by atoms with E-state index in [0.29, 0.717) is 0 Å². The van der Waals surface area contributed by atoms with Crippen molar-refractivity contribution < 1.29 is 4.57 Å². The van der Waals surface area contributed by atoms with Gasteiger partial charge in [-0.05, 0) is 28.7 Å². The van der Waals surface area contributed by atoms with Gasteiger partial charge in [0.25, 0.3) is 0 Å². The molecule has 0 fully saturated rings. The number of fused-ring (bicyclic) bond motifs is 3. The lowest BCUT2D eigenvalue weighted by molar-refractivity contribution is -0.661. The Morgan fingerprint density at radius 2 is 1.79 bits per heavy atom. The van der Waals surface area contributed by atoms with Gasteiger partial charge in [0.1, 0.15) is 11.0 Å². The molecule has 3 nitrogen and oxygen atoms in total. The lowest BCUT2D eigenvalue weighted by atomic mass is 9.87. The Morgan fingerprint density at radius 1 is 1.04 bits per heavy atom. The molecule has 3 aromatic rings. The number of anilines is 1. The molecule has 124 valence electrons. The molecule has 0 saturated carbocycles. The summed E-state index contributed by atoms with van der Waals surface area (Å²) < 4.78 is 4.84. The van der Waals surface area contributed by atoms with Crippen LogP contribution in [-0.4, -0.2) is 11.1 Å². The molecule has 0 spiro atoms. The highest BCUT2D eigenvalue weighted by Gasteiger charge is 2.26. The minimum atomic E-state index is 0.204. The number of aromatic nitrogens is 2. The molecule has 0 aliphatic carbocycles. The first kappa shape index (κ1) is 15.3. The fourth-order valence-corrected chi connectivity index (χ4v) is 3.60. The van der Waals surface area contributed by atoms with Crippen molar-refractivity contribution in [2.75, 3.05) is 11.9 Å². The number of rotatable bonds is 2. The monoisotopic (exact) mass is 320 g/mol. The quantitative estimate of drug-likeness (QED) is 0.705. The molecule has 0 saturated heterocycles. The lowest BCUT2D eigenvalue weighted by Gasteiger charge is -2.19. The van der Waals surface area contributed by atoms with E-state index in [9.17, 15) is 0 Å². The lowest BCUT2D eigenvalue weighted by Crippen LogP contribution is -2.41. The van der Waals surface area contributed by atoms with Crippen LogP contribution in [0.1, 0.15) is 38.3 Å². The van der Waals surface area contributed by atoms with Crippen LogP contribution in [0.4, 0.5) is 5.95 Å². The van der Waals surface area contributed by atoms with E-state index in [-0.39, 0.29) is 5.41 Å². The van der Waals surface area contributed by atoms with Gasteiger partial charge in [-0.2, -0.15) is 0 Å². The highest BCUT2D eigenvalue weighted by molar-refractivity contribution is 5.74. The summed E-state index contributed by atoms with van der Waals surface area (Å²) in [5, 5.41) is 3.60. The second kappa shape index (κ2) is 5.66. The molecule has 0 bridgehead atoms. The van der Waals surface area contributed by atoms with E-state index in [4.69, 9.17) is 0 Å². The first-order chi connectivity index (χ1) is 11.5. The molecule has 1 aliphatic heterocycles. The number of imidazole rings is 1. The van der Waals surface area contributed by atoms with E-state index in [1.165, 1.54) is 34.5 Å². The van der Waals surface area contributed by atoms with E-state index >= 15 is 0 Å². The Hall–Kier alpha value is -2.29. The van der Waals surface area contributed by atoms with Crippen LogP contribution >= 0.6 is 0 Å². The third-order valence-electron chi connectivity index (χ3n) is 4.98. The van der Waals surface area contributed by atoms with Gasteiger partial charge in [-0.15, -0.1) is 0 Å². The number of hydrogen-bond donors (Lipinski definition) is 1. The van der Waals surface area contributed by atoms with Gasteiger partial charge >= 0.3 is 5.95 Å². The average molecular weight is 320 g/mol. The highest BCUT2D eigenvalue weighted by atomic mass is 15.3. The molecule has 0 amide bonds. The molecule has 4 rings (SSSR count). The molecule has 0 atom stereocenters. The second-order valence-electron chi connectivity index (χ2n) is 7.78. The van der Waals surface area contributed by atoms with Crippen LogP contribution < -0.4 is 9.88 Å². The predicted octanol–water partition coefficient (Wildman–Crippen LogP) is 4.09. The SMILES string of the molecule is CC(C)(C)c1ccc(Cn2c3[n+](c4ccccc42)CCCN3)cc1. The predicted molar refractivity (Wildman–Crippen MR) is 99.5 cm³/mol. The summed E-state index contributed by atoms with van der Waals surface area (Å²) >= 11 is 0. The van der Waals surface area contributed by atoms with Crippen LogP contribution in [-0.2, 0) is 18.5 Å². The highest BCUT2D eigenvalue weighted by Crippen LogP contribution is 2.24. The number of aryl methyl sites for hydroxylation is 1. The summed E-state index contributed by atoms with van der Waals surface area (Å²) in [7, 11) is 0. The standard InChI is InChI=1S/C21H25N3/c1-21(2,3)17-11-9-16(10-12-17)15-24-19-8-5-4-7-18(19)23-14-6-13-22-20(23)24/h4-5,7-12H,6,13-15H2,1-3H3/p+1. The van der Waals surface area contributed by atoms with Crippen molar-refractivity contribution in [2.24, 2.45) is 0 Å². The summed E-state index contributed by atoms with van der Waals surface area (Å²) in [6.07, 6.45) is 1.19. The average Bonchev–Trinajstić information content (AvgIpc) is 2.89. The van der Waals surface area contributed by atoms with Crippen molar-refractivity contribution in [3.05, 3.63) is 59.7 Å². The Kier molecular flexibility index (Phi) is 3.60. The first-order valence-electron chi connectivity index (χ1n) is 8.88. The van der Waals surface area contributed by atoms with Crippen LogP contribution in [0.2, 0.25) is 0 Å². The molecule has 2 heterocycles. The third-order valence-corrected chi connectivity index (χ3v) is 4.98. The van der Waals surface area contributed by atoms with Crippen LogP contribution in [0.25, 0.3) is 11.0 Å². The van der Waals surface area contributed by atoms with Crippen LogP contribution in [0, 0.1) is 0 Å². The van der Waals surface area contributed by atoms with Crippen LogP contribution in [0.5, 0.6) is 0 Å². The summed E-state index contributed by atoms with van der Waals surface area (Å²) in [4.78, 5) is 0. The van der Waals surface area contributed by atoms with Crippen molar-refractivity contribution in [2.45, 2.75) is 45.7 Å². The summed E-state index contributed by atoms with van der Waals surface area (Å²) in [5.74, 6) is 1.24. The van der Waals surface area contributed by atoms with E-state index < -0.39 is 0 Å². The van der Waals surface area contributed by atoms with E-state index in [2.05, 4.69) is 83.8 Å². The van der Waals surface area contributed by atoms with Crippen molar-refractivity contribution in [3.63, 3.8) is 0 Å². The van der Waals surface area contributed by atoms with Gasteiger partial charge < -0.3 is 0 Å². The number of benzene rings is 2. The molecular formula is C21H26N3+. The van der Waals surface area contributed by atoms with Gasteiger partial charge in [0.2, 0.25) is 0 Å². The Morgan fingerprint density at radius 3 is 2.54 bits per heavy atom. The Balaban J connectivity index is 1.75. The van der Waals surface area contributed by atoms with Crippen LogP contribution in [0.3, 0.4) is 0 Å². The largest absolute Gasteiger partial charge is 0.358 e. The Labute approximate surface area is 143 Å². The fraction of sp³-hybridized carbons (Fsp3) is 0.381. The number of hydrogen-bond acceptors (Lipinski definition) is 1. The summed E-state index contributed by atoms with van der Waals surface area (Å²) in [6, 6.07) is 17.8. The number of nitrogens with one attached hydrogen (secondary N) is 1. The smallest absolute Gasteiger partial charge is 0.277 e. The minimum Gasteiger partial charge on any atom is -0.277 e. The normalized spacial score (nSPS) is 14.5. The number of para-hydroxylation sites is 2. The van der Waals surface area contributed by atoms with E-state index in [1.54, 1.807) is 0 Å². The van der Waals surface area contributed by atoms with Crippen molar-refractivity contribution in [1.29, 1.82) is 0 Å². The van der Waals surface area contributed by atoms with E-state index in [1.807, 2.05) is 0 Å². The van der Waals surface area contributed by atoms with Crippen molar-refractivity contribution in [3.8, 4) is 0 Å². The number of nitrogens with zero attached hydrogens (tertiary/aromatic N) is 2. The zero-order valence-electron chi connectivity index (χ0n) is 14.8. The maximum atomic E-state index is 3.60. The summed E-state index contributed by atoms with van der Waals surface area (Å²) in [6.45, 7) is 9.84. The maximum absolute atomic E-state index is 3.60. The van der Waals surface area contributed by atoms with Gasteiger partial charge in [0, 0.05) is 6.42 Å². The molecule has 1 N–H and O–H groups in total. The van der Waals surface area contributed by atoms with Gasteiger partial charge in [0.05, 0.1) is 19.6 Å². The van der Waals surface area contributed by atoms with Gasteiger partial charge in [-0.1, -0.05) is 57.2 Å². The molecule has 3 heteroatoms. The molecule has 2 aromatic carbocycles.